The van der Waals surface area contributed by atoms with Gasteiger partial charge in [0.25, 0.3) is 17.7 Å². The molecule has 0 unspecified atom stereocenters. The highest BCUT2D eigenvalue weighted by atomic mass is 16.5. The highest BCUT2D eigenvalue weighted by Crippen LogP contribution is 2.36. The van der Waals surface area contributed by atoms with Crippen molar-refractivity contribution in [3.8, 4) is 5.75 Å². The van der Waals surface area contributed by atoms with E-state index in [1.165, 1.54) is 0 Å². The van der Waals surface area contributed by atoms with Crippen LogP contribution in [0.3, 0.4) is 0 Å². The molecule has 1 fully saturated rings. The molecule has 27 heavy (non-hydrogen) atoms. The summed E-state index contributed by atoms with van der Waals surface area (Å²) >= 11 is 0. The molecule has 2 aliphatic heterocycles. The molecule has 0 spiro atoms. The minimum atomic E-state index is -0.837. The van der Waals surface area contributed by atoms with Gasteiger partial charge in [-0.15, -0.1) is 0 Å². The zero-order valence-corrected chi connectivity index (χ0v) is 15.0. The summed E-state index contributed by atoms with van der Waals surface area (Å²) in [5.74, 6) is -0.431. The zero-order chi connectivity index (χ0) is 19.1. The van der Waals surface area contributed by atoms with Gasteiger partial charge in [-0.1, -0.05) is 24.3 Å². The molecule has 136 valence electrons. The molecule has 6 heteroatoms. The molecule has 0 aromatic heterocycles. The first-order chi connectivity index (χ1) is 13.1. The number of amides is 3. The molecule has 0 N–H and O–H groups in total. The SMILES string of the molecule is C/C=C/[C@H]1[C@@H](N2C(=O)c3ccccc3C2=O)C(=O)N1c1ccc(OC)cc1. The third-order valence-electron chi connectivity index (χ3n) is 4.96. The van der Waals surface area contributed by atoms with Crippen molar-refractivity contribution >= 4 is 23.4 Å². The van der Waals surface area contributed by atoms with E-state index in [1.807, 2.05) is 19.1 Å². The Bertz CT molecular complexity index is 929. The van der Waals surface area contributed by atoms with E-state index in [9.17, 15) is 14.4 Å². The molecule has 2 heterocycles. The first-order valence-electron chi connectivity index (χ1n) is 8.65. The second-order valence-electron chi connectivity index (χ2n) is 6.39. The fourth-order valence-electron chi connectivity index (χ4n) is 3.65. The number of methoxy groups -OCH3 is 1. The smallest absolute Gasteiger partial charge is 0.262 e. The Kier molecular flexibility index (Phi) is 4.03. The summed E-state index contributed by atoms with van der Waals surface area (Å²) in [7, 11) is 1.57. The molecule has 2 aromatic carbocycles. The number of carbonyl (C=O) groups excluding carboxylic acids is 3. The topological polar surface area (TPSA) is 66.9 Å². The van der Waals surface area contributed by atoms with E-state index < -0.39 is 23.9 Å². The Balaban J connectivity index is 1.67. The van der Waals surface area contributed by atoms with Crippen LogP contribution in [0.1, 0.15) is 27.6 Å². The molecule has 0 radical (unpaired) electrons. The van der Waals surface area contributed by atoms with Crippen LogP contribution in [0.2, 0.25) is 0 Å². The summed E-state index contributed by atoms with van der Waals surface area (Å²) in [6.45, 7) is 1.84. The van der Waals surface area contributed by atoms with Gasteiger partial charge in [-0.2, -0.15) is 0 Å². The zero-order valence-electron chi connectivity index (χ0n) is 15.0. The standard InChI is InChI=1S/C21H18N2O4/c1-3-6-17-18(21(26)22(17)13-9-11-14(27-2)12-10-13)23-19(24)15-7-4-5-8-16(15)20(23)25/h3-12,17-18H,1-2H3/b6-3+/t17-,18+/m0/s1. The highest BCUT2D eigenvalue weighted by Gasteiger charge is 2.55. The molecule has 4 rings (SSSR count). The molecule has 2 atom stereocenters. The number of nitrogens with zero attached hydrogens (tertiary/aromatic N) is 2. The fraction of sp³-hybridized carbons (Fsp3) is 0.190. The number of imide groups is 1. The molecular weight excluding hydrogens is 344 g/mol. The van der Waals surface area contributed by atoms with Gasteiger partial charge in [0.2, 0.25) is 0 Å². The Labute approximate surface area is 156 Å². The number of carbonyl (C=O) groups is 3. The van der Waals surface area contributed by atoms with Crippen molar-refractivity contribution in [3.05, 3.63) is 71.8 Å². The summed E-state index contributed by atoms with van der Waals surface area (Å²) in [4.78, 5) is 41.1. The first kappa shape index (κ1) is 17.0. The van der Waals surface area contributed by atoms with E-state index in [0.717, 1.165) is 4.90 Å². The quantitative estimate of drug-likeness (QED) is 0.476. The van der Waals surface area contributed by atoms with E-state index in [-0.39, 0.29) is 5.91 Å². The average molecular weight is 362 g/mol. The number of hydrogen-bond acceptors (Lipinski definition) is 4. The molecule has 6 nitrogen and oxygen atoms in total. The van der Waals surface area contributed by atoms with Crippen LogP contribution in [-0.2, 0) is 4.79 Å². The summed E-state index contributed by atoms with van der Waals surface area (Å²) in [6, 6.07) is 12.5. The molecule has 0 bridgehead atoms. The maximum absolute atomic E-state index is 12.9. The molecule has 3 amide bonds. The van der Waals surface area contributed by atoms with Crippen LogP contribution >= 0.6 is 0 Å². The van der Waals surface area contributed by atoms with E-state index in [2.05, 4.69) is 0 Å². The van der Waals surface area contributed by atoms with Gasteiger partial charge in [-0.05, 0) is 43.3 Å². The molecule has 2 aliphatic rings. The van der Waals surface area contributed by atoms with Gasteiger partial charge in [-0.25, -0.2) is 0 Å². The molecule has 1 saturated heterocycles. The predicted molar refractivity (Wildman–Crippen MR) is 99.8 cm³/mol. The monoisotopic (exact) mass is 362 g/mol. The molecule has 0 aliphatic carbocycles. The van der Waals surface area contributed by atoms with Gasteiger partial charge in [0, 0.05) is 5.69 Å². The van der Waals surface area contributed by atoms with Crippen molar-refractivity contribution in [2.45, 2.75) is 19.0 Å². The number of benzene rings is 2. The number of allylic oxidation sites excluding steroid dienone is 1. The lowest BCUT2D eigenvalue weighted by atomic mass is 9.91. The van der Waals surface area contributed by atoms with Crippen LogP contribution < -0.4 is 9.64 Å². The third kappa shape index (κ3) is 2.44. The Hall–Kier alpha value is -3.41. The van der Waals surface area contributed by atoms with Crippen LogP contribution in [0, 0.1) is 0 Å². The second kappa shape index (κ2) is 6.39. The van der Waals surface area contributed by atoms with Gasteiger partial charge in [0.05, 0.1) is 24.3 Å². The van der Waals surface area contributed by atoms with Crippen molar-refractivity contribution in [2.24, 2.45) is 0 Å². The fourth-order valence-corrected chi connectivity index (χ4v) is 3.65. The number of hydrogen-bond donors (Lipinski definition) is 0. The molecule has 2 aromatic rings. The van der Waals surface area contributed by atoms with Crippen molar-refractivity contribution in [2.75, 3.05) is 12.0 Å². The lowest BCUT2D eigenvalue weighted by molar-refractivity contribution is -0.128. The molecule has 0 saturated carbocycles. The largest absolute Gasteiger partial charge is 0.497 e. The van der Waals surface area contributed by atoms with E-state index >= 15 is 0 Å². The summed E-state index contributed by atoms with van der Waals surface area (Å²) in [6.07, 6.45) is 3.65. The van der Waals surface area contributed by atoms with Crippen LogP contribution in [0.15, 0.2) is 60.7 Å². The van der Waals surface area contributed by atoms with Crippen molar-refractivity contribution in [1.82, 2.24) is 4.90 Å². The van der Waals surface area contributed by atoms with Crippen LogP contribution in [-0.4, -0.2) is 41.8 Å². The average Bonchev–Trinajstić information content (AvgIpc) is 2.94. The second-order valence-corrected chi connectivity index (χ2v) is 6.39. The summed E-state index contributed by atoms with van der Waals surface area (Å²) in [5, 5.41) is 0. The number of ether oxygens (including phenoxy) is 1. The maximum Gasteiger partial charge on any atom is 0.262 e. The third-order valence-corrected chi connectivity index (χ3v) is 4.96. The van der Waals surface area contributed by atoms with E-state index in [1.54, 1.807) is 60.5 Å². The van der Waals surface area contributed by atoms with E-state index in [4.69, 9.17) is 4.74 Å². The minimum Gasteiger partial charge on any atom is -0.497 e. The van der Waals surface area contributed by atoms with Gasteiger partial charge >= 0.3 is 0 Å². The number of β-lactam (4-membered cyclic amide) rings is 1. The Morgan fingerprint density at radius 2 is 1.48 bits per heavy atom. The lowest BCUT2D eigenvalue weighted by Crippen LogP contribution is -2.71. The normalized spacial score (nSPS) is 21.6. The van der Waals surface area contributed by atoms with Crippen LogP contribution in [0.25, 0.3) is 0 Å². The number of fused-ring (bicyclic) bond motifs is 1. The van der Waals surface area contributed by atoms with Crippen LogP contribution in [0.4, 0.5) is 5.69 Å². The predicted octanol–water partition coefficient (Wildman–Crippen LogP) is 2.65. The molecular formula is C21H18N2O4. The maximum atomic E-state index is 12.9. The lowest BCUT2D eigenvalue weighted by Gasteiger charge is -2.48. The highest BCUT2D eigenvalue weighted by molar-refractivity contribution is 6.24. The number of rotatable bonds is 4. The number of anilines is 1. The Morgan fingerprint density at radius 3 is 2.00 bits per heavy atom. The van der Waals surface area contributed by atoms with Crippen molar-refractivity contribution in [3.63, 3.8) is 0 Å². The van der Waals surface area contributed by atoms with Gasteiger partial charge in [0.15, 0.2) is 0 Å². The van der Waals surface area contributed by atoms with E-state index in [0.29, 0.717) is 22.6 Å². The van der Waals surface area contributed by atoms with Crippen molar-refractivity contribution in [1.29, 1.82) is 0 Å². The van der Waals surface area contributed by atoms with Gasteiger partial charge in [-0.3, -0.25) is 19.3 Å². The summed E-state index contributed by atoms with van der Waals surface area (Å²) < 4.78 is 5.15. The van der Waals surface area contributed by atoms with Gasteiger partial charge in [0.1, 0.15) is 11.8 Å². The van der Waals surface area contributed by atoms with Crippen LogP contribution in [0.5, 0.6) is 5.75 Å². The first-order valence-corrected chi connectivity index (χ1v) is 8.65. The van der Waals surface area contributed by atoms with Gasteiger partial charge < -0.3 is 9.64 Å². The minimum absolute atomic E-state index is 0.280. The summed E-state index contributed by atoms with van der Waals surface area (Å²) in [5.41, 5.74) is 1.38. The Morgan fingerprint density at radius 1 is 0.889 bits per heavy atom. The van der Waals surface area contributed by atoms with Crippen molar-refractivity contribution < 1.29 is 19.1 Å².